The van der Waals surface area contributed by atoms with Crippen LogP contribution in [-0.4, -0.2) is 9.61 Å². The molecule has 0 fully saturated rings. The molecule has 0 aliphatic heterocycles. The molecule has 2 aromatic heterocycles. The van der Waals surface area contributed by atoms with Crippen LogP contribution in [0.25, 0.3) is 5.52 Å². The van der Waals surface area contributed by atoms with Gasteiger partial charge in [-0.2, -0.15) is 5.10 Å². The molecule has 11 heavy (non-hydrogen) atoms. The van der Waals surface area contributed by atoms with Crippen molar-refractivity contribution >= 4 is 21.4 Å². The van der Waals surface area contributed by atoms with Gasteiger partial charge in [-0.3, -0.25) is 0 Å². The zero-order chi connectivity index (χ0) is 7.84. The van der Waals surface area contributed by atoms with E-state index in [0.717, 1.165) is 9.99 Å². The SMILES string of the molecule is Fc1ccn2ncc(Br)c2c1. The third kappa shape index (κ3) is 1.03. The van der Waals surface area contributed by atoms with Crippen LogP contribution < -0.4 is 0 Å². The van der Waals surface area contributed by atoms with Crippen LogP contribution in [0, 0.1) is 5.82 Å². The molecule has 2 rings (SSSR count). The summed E-state index contributed by atoms with van der Waals surface area (Å²) in [6, 6.07) is 2.80. The lowest BCUT2D eigenvalue weighted by molar-refractivity contribution is 0.625. The van der Waals surface area contributed by atoms with Gasteiger partial charge in [-0.05, 0) is 22.0 Å². The van der Waals surface area contributed by atoms with Crippen molar-refractivity contribution < 1.29 is 4.39 Å². The topological polar surface area (TPSA) is 17.3 Å². The summed E-state index contributed by atoms with van der Waals surface area (Å²) in [6.07, 6.45) is 3.21. The Morgan fingerprint density at radius 3 is 3.18 bits per heavy atom. The standard InChI is InChI=1S/C7H4BrFN2/c8-6-4-10-11-2-1-5(9)3-7(6)11/h1-4H. The summed E-state index contributed by atoms with van der Waals surface area (Å²) in [5, 5.41) is 3.96. The molecule has 0 aliphatic rings. The highest BCUT2D eigenvalue weighted by Crippen LogP contribution is 2.17. The molecule has 0 spiro atoms. The Hall–Kier alpha value is -0.900. The van der Waals surface area contributed by atoms with Crippen molar-refractivity contribution in [2.75, 3.05) is 0 Å². The van der Waals surface area contributed by atoms with Gasteiger partial charge in [0.15, 0.2) is 0 Å². The Labute approximate surface area is 70.8 Å². The first-order valence-corrected chi connectivity index (χ1v) is 3.85. The maximum atomic E-state index is 12.6. The molecule has 2 nitrogen and oxygen atoms in total. The Morgan fingerprint density at radius 1 is 1.55 bits per heavy atom. The van der Waals surface area contributed by atoms with E-state index in [1.165, 1.54) is 12.1 Å². The monoisotopic (exact) mass is 214 g/mol. The lowest BCUT2D eigenvalue weighted by atomic mass is 10.4. The molecule has 0 saturated carbocycles. The van der Waals surface area contributed by atoms with Gasteiger partial charge in [0.2, 0.25) is 0 Å². The number of nitrogens with zero attached hydrogens (tertiary/aromatic N) is 2. The van der Waals surface area contributed by atoms with Crippen LogP contribution in [0.5, 0.6) is 0 Å². The number of halogens is 2. The first-order valence-electron chi connectivity index (χ1n) is 3.06. The average Bonchev–Trinajstić information content (AvgIpc) is 2.33. The first-order chi connectivity index (χ1) is 5.27. The summed E-state index contributed by atoms with van der Waals surface area (Å²) in [4.78, 5) is 0. The predicted octanol–water partition coefficient (Wildman–Crippen LogP) is 2.24. The zero-order valence-electron chi connectivity index (χ0n) is 5.46. The van der Waals surface area contributed by atoms with Gasteiger partial charge >= 0.3 is 0 Å². The number of hydrogen-bond donors (Lipinski definition) is 0. The second-order valence-corrected chi connectivity index (χ2v) is 3.02. The van der Waals surface area contributed by atoms with Crippen molar-refractivity contribution in [3.8, 4) is 0 Å². The van der Waals surface area contributed by atoms with Gasteiger partial charge < -0.3 is 0 Å². The molecular weight excluding hydrogens is 211 g/mol. The lowest BCUT2D eigenvalue weighted by Crippen LogP contribution is -1.85. The van der Waals surface area contributed by atoms with E-state index in [9.17, 15) is 4.39 Å². The summed E-state index contributed by atoms with van der Waals surface area (Å²) < 4.78 is 15.0. The zero-order valence-corrected chi connectivity index (χ0v) is 7.05. The van der Waals surface area contributed by atoms with Crippen molar-refractivity contribution in [1.82, 2.24) is 9.61 Å². The van der Waals surface area contributed by atoms with Crippen LogP contribution in [0.15, 0.2) is 29.0 Å². The molecule has 4 heteroatoms. The quantitative estimate of drug-likeness (QED) is 0.658. The van der Waals surface area contributed by atoms with Crippen molar-refractivity contribution in [3.05, 3.63) is 34.8 Å². The molecule has 0 amide bonds. The third-order valence-corrected chi connectivity index (χ3v) is 2.05. The molecule has 0 aromatic carbocycles. The van der Waals surface area contributed by atoms with Crippen molar-refractivity contribution in [2.45, 2.75) is 0 Å². The number of pyridine rings is 1. The van der Waals surface area contributed by atoms with E-state index in [1.807, 2.05) is 0 Å². The van der Waals surface area contributed by atoms with E-state index in [-0.39, 0.29) is 5.82 Å². The lowest BCUT2D eigenvalue weighted by Gasteiger charge is -1.91. The first kappa shape index (κ1) is 6.79. The summed E-state index contributed by atoms with van der Waals surface area (Å²) >= 11 is 3.25. The summed E-state index contributed by atoms with van der Waals surface area (Å²) in [6.45, 7) is 0. The highest BCUT2D eigenvalue weighted by atomic mass is 79.9. The summed E-state index contributed by atoms with van der Waals surface area (Å²) in [7, 11) is 0. The third-order valence-electron chi connectivity index (χ3n) is 1.44. The van der Waals surface area contributed by atoms with E-state index >= 15 is 0 Å². The van der Waals surface area contributed by atoms with Crippen LogP contribution in [0.3, 0.4) is 0 Å². The normalized spacial score (nSPS) is 10.7. The molecule has 0 radical (unpaired) electrons. The van der Waals surface area contributed by atoms with Crippen LogP contribution in [0.4, 0.5) is 4.39 Å². The number of hydrogen-bond acceptors (Lipinski definition) is 1. The van der Waals surface area contributed by atoms with Crippen LogP contribution in [0.2, 0.25) is 0 Å². The Morgan fingerprint density at radius 2 is 2.36 bits per heavy atom. The van der Waals surface area contributed by atoms with Crippen LogP contribution in [0.1, 0.15) is 0 Å². The molecular formula is C7H4BrFN2. The van der Waals surface area contributed by atoms with Gasteiger partial charge in [-0.1, -0.05) is 0 Å². The number of fused-ring (bicyclic) bond motifs is 1. The fourth-order valence-electron chi connectivity index (χ4n) is 0.925. The average molecular weight is 215 g/mol. The minimum atomic E-state index is -0.251. The van der Waals surface area contributed by atoms with Crippen LogP contribution in [-0.2, 0) is 0 Å². The molecule has 2 heterocycles. The maximum absolute atomic E-state index is 12.6. The fourth-order valence-corrected chi connectivity index (χ4v) is 1.31. The van der Waals surface area contributed by atoms with Crippen molar-refractivity contribution in [3.63, 3.8) is 0 Å². The predicted molar refractivity (Wildman–Crippen MR) is 42.9 cm³/mol. The van der Waals surface area contributed by atoms with E-state index in [0.29, 0.717) is 0 Å². The molecule has 0 unspecified atom stereocenters. The summed E-state index contributed by atoms with van der Waals surface area (Å²) in [5.41, 5.74) is 0.741. The maximum Gasteiger partial charge on any atom is 0.126 e. The minimum absolute atomic E-state index is 0.251. The molecule has 0 N–H and O–H groups in total. The highest BCUT2D eigenvalue weighted by molar-refractivity contribution is 9.10. The molecule has 2 aromatic rings. The van der Waals surface area contributed by atoms with Crippen molar-refractivity contribution in [2.24, 2.45) is 0 Å². The Bertz CT molecular complexity index is 396. The van der Waals surface area contributed by atoms with Gasteiger partial charge in [0.1, 0.15) is 5.82 Å². The smallest absolute Gasteiger partial charge is 0.126 e. The number of aromatic nitrogens is 2. The van der Waals surface area contributed by atoms with Gasteiger partial charge in [0.05, 0.1) is 16.2 Å². The van der Waals surface area contributed by atoms with Crippen molar-refractivity contribution in [1.29, 1.82) is 0 Å². The molecule has 56 valence electrons. The second-order valence-electron chi connectivity index (χ2n) is 2.17. The van der Waals surface area contributed by atoms with E-state index in [1.54, 1.807) is 16.9 Å². The van der Waals surface area contributed by atoms with Gasteiger partial charge in [0, 0.05) is 12.3 Å². The van der Waals surface area contributed by atoms with E-state index in [2.05, 4.69) is 21.0 Å². The Kier molecular flexibility index (Phi) is 1.42. The molecule has 0 bridgehead atoms. The van der Waals surface area contributed by atoms with E-state index < -0.39 is 0 Å². The van der Waals surface area contributed by atoms with Gasteiger partial charge in [-0.15, -0.1) is 0 Å². The Balaban J connectivity index is 2.87. The van der Waals surface area contributed by atoms with E-state index in [4.69, 9.17) is 0 Å². The minimum Gasteiger partial charge on any atom is -0.240 e. The molecule has 0 saturated heterocycles. The number of rotatable bonds is 0. The molecule has 0 atom stereocenters. The largest absolute Gasteiger partial charge is 0.240 e. The van der Waals surface area contributed by atoms with Gasteiger partial charge in [-0.25, -0.2) is 8.91 Å². The van der Waals surface area contributed by atoms with Crippen LogP contribution >= 0.6 is 15.9 Å². The second kappa shape index (κ2) is 2.30. The van der Waals surface area contributed by atoms with Gasteiger partial charge in [0.25, 0.3) is 0 Å². The fraction of sp³-hybridized carbons (Fsp3) is 0. The highest BCUT2D eigenvalue weighted by Gasteiger charge is 2.00. The molecule has 0 aliphatic carbocycles. The summed E-state index contributed by atoms with van der Waals surface area (Å²) in [5.74, 6) is -0.251.